The van der Waals surface area contributed by atoms with E-state index in [1.165, 1.54) is 0 Å². The summed E-state index contributed by atoms with van der Waals surface area (Å²) in [6, 6.07) is 4.46. The van der Waals surface area contributed by atoms with Crippen molar-refractivity contribution in [2.24, 2.45) is 0 Å². The van der Waals surface area contributed by atoms with E-state index in [1.807, 2.05) is 0 Å². The number of likely N-dealkylation sites (N-methyl/N-ethyl adjacent to an activating group) is 1. The van der Waals surface area contributed by atoms with Gasteiger partial charge >= 0.3 is 6.03 Å². The van der Waals surface area contributed by atoms with Crippen molar-refractivity contribution in [1.82, 2.24) is 4.90 Å². The van der Waals surface area contributed by atoms with Crippen molar-refractivity contribution in [3.05, 3.63) is 28.2 Å². The molecule has 1 aliphatic carbocycles. The largest absolute Gasteiger partial charge is 0.391 e. The van der Waals surface area contributed by atoms with Gasteiger partial charge in [0.2, 0.25) is 0 Å². The number of benzene rings is 1. The van der Waals surface area contributed by atoms with Gasteiger partial charge in [-0.25, -0.2) is 4.79 Å². The predicted octanol–water partition coefficient (Wildman–Crippen LogP) is 3.76. The Morgan fingerprint density at radius 3 is 2.75 bits per heavy atom. The molecule has 1 aromatic rings. The number of carbonyl (C=O) groups is 1. The number of amides is 2. The maximum absolute atomic E-state index is 12.2. The van der Waals surface area contributed by atoms with Crippen LogP contribution in [-0.2, 0) is 0 Å². The monoisotopic (exact) mass is 316 g/mol. The summed E-state index contributed by atoms with van der Waals surface area (Å²) in [5.74, 6) is 0. The van der Waals surface area contributed by atoms with Gasteiger partial charge < -0.3 is 15.3 Å². The SMILES string of the molecule is CN(C(=O)Nc1cc(Cl)ccc1Cl)C1CCCCC1O. The first-order valence-electron chi connectivity index (χ1n) is 6.66. The zero-order chi connectivity index (χ0) is 14.7. The number of hydrogen-bond donors (Lipinski definition) is 2. The highest BCUT2D eigenvalue weighted by molar-refractivity contribution is 6.35. The van der Waals surface area contributed by atoms with Crippen molar-refractivity contribution in [3.63, 3.8) is 0 Å². The molecule has 0 aliphatic heterocycles. The van der Waals surface area contributed by atoms with Crippen LogP contribution in [0.1, 0.15) is 25.7 Å². The number of carbonyl (C=O) groups excluding carboxylic acids is 1. The van der Waals surface area contributed by atoms with Gasteiger partial charge in [-0.1, -0.05) is 36.0 Å². The lowest BCUT2D eigenvalue weighted by Gasteiger charge is -2.35. The Labute approximate surface area is 128 Å². The molecule has 6 heteroatoms. The molecule has 2 atom stereocenters. The smallest absolute Gasteiger partial charge is 0.321 e. The summed E-state index contributed by atoms with van der Waals surface area (Å²) in [5, 5.41) is 13.6. The van der Waals surface area contributed by atoms with Gasteiger partial charge in [-0.3, -0.25) is 0 Å². The van der Waals surface area contributed by atoms with Crippen molar-refractivity contribution in [1.29, 1.82) is 0 Å². The second kappa shape index (κ2) is 6.66. The molecule has 20 heavy (non-hydrogen) atoms. The molecule has 0 spiro atoms. The topological polar surface area (TPSA) is 52.6 Å². The molecule has 1 aliphatic rings. The number of aliphatic hydroxyl groups is 1. The minimum absolute atomic E-state index is 0.151. The minimum atomic E-state index is -0.464. The summed E-state index contributed by atoms with van der Waals surface area (Å²) in [7, 11) is 1.69. The number of urea groups is 1. The quantitative estimate of drug-likeness (QED) is 0.872. The molecule has 0 saturated heterocycles. The molecule has 2 N–H and O–H groups in total. The maximum atomic E-state index is 12.2. The minimum Gasteiger partial charge on any atom is -0.391 e. The van der Waals surface area contributed by atoms with Crippen LogP contribution in [0.2, 0.25) is 10.0 Å². The normalized spacial score (nSPS) is 22.4. The van der Waals surface area contributed by atoms with Gasteiger partial charge in [0.15, 0.2) is 0 Å². The number of aliphatic hydroxyl groups excluding tert-OH is 1. The van der Waals surface area contributed by atoms with Crippen LogP contribution in [0.25, 0.3) is 0 Å². The van der Waals surface area contributed by atoms with Crippen molar-refractivity contribution in [3.8, 4) is 0 Å². The summed E-state index contributed by atoms with van der Waals surface area (Å²) < 4.78 is 0. The van der Waals surface area contributed by atoms with Crippen LogP contribution in [-0.4, -0.2) is 35.2 Å². The van der Waals surface area contributed by atoms with E-state index in [-0.39, 0.29) is 12.1 Å². The third-order valence-electron chi connectivity index (χ3n) is 3.68. The lowest BCUT2D eigenvalue weighted by Crippen LogP contribution is -2.47. The van der Waals surface area contributed by atoms with E-state index in [0.717, 1.165) is 25.7 Å². The standard InChI is InChI=1S/C14H18Cl2N2O2/c1-18(12-4-2-3-5-13(12)19)14(20)17-11-8-9(15)6-7-10(11)16/h6-8,12-13,19H,2-5H2,1H3,(H,17,20). The lowest BCUT2D eigenvalue weighted by atomic mass is 9.92. The summed E-state index contributed by atoms with van der Waals surface area (Å²) in [6.07, 6.45) is 3.12. The highest BCUT2D eigenvalue weighted by Crippen LogP contribution is 2.27. The number of hydrogen-bond acceptors (Lipinski definition) is 2. The number of nitrogens with one attached hydrogen (secondary N) is 1. The molecule has 4 nitrogen and oxygen atoms in total. The van der Waals surface area contributed by atoms with Crippen molar-refractivity contribution < 1.29 is 9.90 Å². The Hall–Kier alpha value is -0.970. The summed E-state index contributed by atoms with van der Waals surface area (Å²) in [6.45, 7) is 0. The molecule has 1 aromatic carbocycles. The summed E-state index contributed by atoms with van der Waals surface area (Å²) in [4.78, 5) is 13.8. The molecule has 2 amide bonds. The molecule has 2 unspecified atom stereocenters. The van der Waals surface area contributed by atoms with Gasteiger partial charge in [0, 0.05) is 12.1 Å². The first-order valence-corrected chi connectivity index (χ1v) is 7.41. The third-order valence-corrected chi connectivity index (χ3v) is 4.25. The number of halogens is 2. The van der Waals surface area contributed by atoms with Gasteiger partial charge in [0.25, 0.3) is 0 Å². The highest BCUT2D eigenvalue weighted by Gasteiger charge is 2.29. The lowest BCUT2D eigenvalue weighted by molar-refractivity contribution is 0.0494. The average molecular weight is 317 g/mol. The second-order valence-corrected chi connectivity index (χ2v) is 5.93. The molecule has 0 bridgehead atoms. The molecule has 2 rings (SSSR count). The average Bonchev–Trinajstić information content (AvgIpc) is 2.42. The number of anilines is 1. The van der Waals surface area contributed by atoms with E-state index in [1.54, 1.807) is 30.1 Å². The number of nitrogens with zero attached hydrogens (tertiary/aromatic N) is 1. The molecule has 1 fully saturated rings. The second-order valence-electron chi connectivity index (χ2n) is 5.08. The van der Waals surface area contributed by atoms with Crippen LogP contribution in [0, 0.1) is 0 Å². The zero-order valence-corrected chi connectivity index (χ0v) is 12.8. The zero-order valence-electron chi connectivity index (χ0n) is 11.3. The van der Waals surface area contributed by atoms with Crippen LogP contribution in [0.4, 0.5) is 10.5 Å². The molecular formula is C14H18Cl2N2O2. The van der Waals surface area contributed by atoms with E-state index >= 15 is 0 Å². The Bertz CT molecular complexity index is 496. The van der Waals surface area contributed by atoms with Crippen LogP contribution in [0.3, 0.4) is 0 Å². The number of rotatable bonds is 2. The fraction of sp³-hybridized carbons (Fsp3) is 0.500. The molecule has 1 saturated carbocycles. The summed E-state index contributed by atoms with van der Waals surface area (Å²) in [5.41, 5.74) is 0.473. The Morgan fingerprint density at radius 2 is 2.05 bits per heavy atom. The van der Waals surface area contributed by atoms with Gasteiger partial charge in [-0.05, 0) is 31.0 Å². The fourth-order valence-corrected chi connectivity index (χ4v) is 2.83. The molecule has 0 heterocycles. The van der Waals surface area contributed by atoms with Crippen LogP contribution < -0.4 is 5.32 Å². The molecular weight excluding hydrogens is 299 g/mol. The van der Waals surface area contributed by atoms with Crippen LogP contribution in [0.15, 0.2) is 18.2 Å². The van der Waals surface area contributed by atoms with Crippen molar-refractivity contribution in [2.45, 2.75) is 37.8 Å². The molecule has 0 radical (unpaired) electrons. The van der Waals surface area contributed by atoms with E-state index in [4.69, 9.17) is 23.2 Å². The van der Waals surface area contributed by atoms with Gasteiger partial charge in [0.05, 0.1) is 22.9 Å². The van der Waals surface area contributed by atoms with E-state index in [2.05, 4.69) is 5.32 Å². The fourth-order valence-electron chi connectivity index (χ4n) is 2.49. The predicted molar refractivity (Wildman–Crippen MR) is 81.5 cm³/mol. The van der Waals surface area contributed by atoms with Crippen LogP contribution >= 0.6 is 23.2 Å². The van der Waals surface area contributed by atoms with E-state index in [9.17, 15) is 9.90 Å². The van der Waals surface area contributed by atoms with Gasteiger partial charge in [-0.15, -0.1) is 0 Å². The van der Waals surface area contributed by atoms with Crippen LogP contribution in [0.5, 0.6) is 0 Å². The van der Waals surface area contributed by atoms with Crippen molar-refractivity contribution >= 4 is 34.9 Å². The Morgan fingerprint density at radius 1 is 1.35 bits per heavy atom. The first kappa shape index (κ1) is 15.4. The Kier molecular flexibility index (Phi) is 5.13. The highest BCUT2D eigenvalue weighted by atomic mass is 35.5. The first-order chi connectivity index (χ1) is 9.49. The van der Waals surface area contributed by atoms with Gasteiger partial charge in [-0.2, -0.15) is 0 Å². The third kappa shape index (κ3) is 3.57. The van der Waals surface area contributed by atoms with E-state index in [0.29, 0.717) is 15.7 Å². The molecule has 110 valence electrons. The summed E-state index contributed by atoms with van der Waals surface area (Å²) >= 11 is 11.9. The Balaban J connectivity index is 2.05. The maximum Gasteiger partial charge on any atom is 0.321 e. The van der Waals surface area contributed by atoms with Gasteiger partial charge in [0.1, 0.15) is 0 Å². The van der Waals surface area contributed by atoms with Crippen molar-refractivity contribution in [2.75, 3.05) is 12.4 Å². The molecule has 0 aromatic heterocycles. The van der Waals surface area contributed by atoms with E-state index < -0.39 is 6.10 Å².